The van der Waals surface area contributed by atoms with Crippen molar-refractivity contribution in [1.82, 2.24) is 0 Å². The molecular formula is C13H12N2O5. The van der Waals surface area contributed by atoms with Crippen LogP contribution in [0.5, 0.6) is 23.0 Å². The van der Waals surface area contributed by atoms with Crippen LogP contribution in [0.4, 0.5) is 16.2 Å². The molecule has 0 heterocycles. The molecule has 0 aliphatic carbocycles. The van der Waals surface area contributed by atoms with E-state index in [4.69, 9.17) is 10.2 Å². The minimum atomic E-state index is -0.702. The number of rotatable bonds is 2. The van der Waals surface area contributed by atoms with E-state index in [2.05, 4.69) is 10.6 Å². The van der Waals surface area contributed by atoms with Gasteiger partial charge in [-0.2, -0.15) is 0 Å². The second-order valence-corrected chi connectivity index (χ2v) is 3.98. The first-order valence-electron chi connectivity index (χ1n) is 5.57. The first-order chi connectivity index (χ1) is 9.45. The molecular weight excluding hydrogens is 264 g/mol. The monoisotopic (exact) mass is 276 g/mol. The van der Waals surface area contributed by atoms with Crippen LogP contribution in [0, 0.1) is 0 Å². The first kappa shape index (κ1) is 13.3. The van der Waals surface area contributed by atoms with Crippen LogP contribution in [-0.4, -0.2) is 26.5 Å². The molecule has 6 N–H and O–H groups in total. The summed E-state index contributed by atoms with van der Waals surface area (Å²) >= 11 is 0. The van der Waals surface area contributed by atoms with Crippen molar-refractivity contribution in [2.75, 3.05) is 10.6 Å². The van der Waals surface area contributed by atoms with Crippen LogP contribution < -0.4 is 10.6 Å². The second kappa shape index (κ2) is 5.27. The predicted octanol–water partition coefficient (Wildman–Crippen LogP) is 2.15. The summed E-state index contributed by atoms with van der Waals surface area (Å²) in [5.41, 5.74) is 0.192. The van der Waals surface area contributed by atoms with E-state index in [9.17, 15) is 15.0 Å². The molecule has 0 radical (unpaired) electrons. The summed E-state index contributed by atoms with van der Waals surface area (Å²) in [4.78, 5) is 11.7. The molecule has 2 aromatic carbocycles. The molecule has 0 atom stereocenters. The van der Waals surface area contributed by atoms with Gasteiger partial charge in [-0.25, -0.2) is 4.79 Å². The molecule has 0 aromatic heterocycles. The summed E-state index contributed by atoms with van der Waals surface area (Å²) in [6.07, 6.45) is 0. The molecule has 0 spiro atoms. The van der Waals surface area contributed by atoms with Gasteiger partial charge in [0.1, 0.15) is 23.0 Å². The summed E-state index contributed by atoms with van der Waals surface area (Å²) in [6, 6.07) is 6.69. The number of benzene rings is 2. The summed E-state index contributed by atoms with van der Waals surface area (Å²) in [6.45, 7) is 0. The Morgan fingerprint density at radius 1 is 0.750 bits per heavy atom. The van der Waals surface area contributed by atoms with Gasteiger partial charge in [0.05, 0.1) is 11.4 Å². The lowest BCUT2D eigenvalue weighted by Crippen LogP contribution is -2.19. The summed E-state index contributed by atoms with van der Waals surface area (Å²) < 4.78 is 0. The van der Waals surface area contributed by atoms with Crippen LogP contribution in [-0.2, 0) is 0 Å². The molecule has 0 aliphatic heterocycles. The van der Waals surface area contributed by atoms with Crippen LogP contribution in [0.25, 0.3) is 0 Å². The van der Waals surface area contributed by atoms with E-state index >= 15 is 0 Å². The lowest BCUT2D eigenvalue weighted by Gasteiger charge is -2.10. The Labute approximate surface area is 113 Å². The van der Waals surface area contributed by atoms with Gasteiger partial charge in [-0.05, 0) is 24.3 Å². The van der Waals surface area contributed by atoms with Gasteiger partial charge in [0.2, 0.25) is 0 Å². The average Bonchev–Trinajstić information content (AvgIpc) is 2.36. The number of aromatic hydroxyl groups is 4. The highest BCUT2D eigenvalue weighted by atomic mass is 16.3. The number of urea groups is 1. The average molecular weight is 276 g/mol. The molecule has 0 unspecified atom stereocenters. The lowest BCUT2D eigenvalue weighted by molar-refractivity contribution is 0.262. The number of anilines is 2. The van der Waals surface area contributed by atoms with E-state index < -0.39 is 6.03 Å². The molecule has 2 rings (SSSR count). The van der Waals surface area contributed by atoms with Crippen molar-refractivity contribution >= 4 is 17.4 Å². The van der Waals surface area contributed by atoms with Crippen LogP contribution in [0.3, 0.4) is 0 Å². The highest BCUT2D eigenvalue weighted by Crippen LogP contribution is 2.29. The standard InChI is InChI=1S/C13H12N2O5/c16-7-1-3-9(11(18)5-7)14-13(20)15-10-4-2-8(17)6-12(10)19/h1-6,16-19H,(H2,14,15,20). The van der Waals surface area contributed by atoms with Gasteiger partial charge in [-0.3, -0.25) is 0 Å². The highest BCUT2D eigenvalue weighted by Gasteiger charge is 2.09. The minimum Gasteiger partial charge on any atom is -0.508 e. The first-order valence-corrected chi connectivity index (χ1v) is 5.57. The zero-order valence-electron chi connectivity index (χ0n) is 10.2. The molecule has 0 saturated carbocycles. The fourth-order valence-corrected chi connectivity index (χ4v) is 1.53. The molecule has 0 aliphatic rings. The molecule has 2 aromatic rings. The molecule has 0 fully saturated rings. The summed E-state index contributed by atoms with van der Waals surface area (Å²) in [7, 11) is 0. The molecule has 7 nitrogen and oxygen atoms in total. The molecule has 2 amide bonds. The third kappa shape index (κ3) is 3.02. The zero-order valence-corrected chi connectivity index (χ0v) is 10.2. The minimum absolute atomic E-state index is 0.0959. The third-order valence-corrected chi connectivity index (χ3v) is 2.46. The van der Waals surface area contributed by atoms with Gasteiger partial charge in [-0.1, -0.05) is 0 Å². The number of carbonyl (C=O) groups excluding carboxylic acids is 1. The topological polar surface area (TPSA) is 122 Å². The Kier molecular flexibility index (Phi) is 3.52. The summed E-state index contributed by atoms with van der Waals surface area (Å²) in [5, 5.41) is 42.0. The number of amides is 2. The highest BCUT2D eigenvalue weighted by molar-refractivity contribution is 6.01. The Bertz CT molecular complexity index is 602. The number of phenolic OH excluding ortho intramolecular Hbond substituents is 4. The summed E-state index contributed by atoms with van der Waals surface area (Å²) in [5.74, 6) is -0.862. The van der Waals surface area contributed by atoms with Gasteiger partial charge in [-0.15, -0.1) is 0 Å². The molecule has 0 bridgehead atoms. The number of hydrogen-bond acceptors (Lipinski definition) is 5. The van der Waals surface area contributed by atoms with Crippen molar-refractivity contribution in [3.05, 3.63) is 36.4 Å². The van der Waals surface area contributed by atoms with Crippen LogP contribution in [0.2, 0.25) is 0 Å². The van der Waals surface area contributed by atoms with Crippen LogP contribution in [0.15, 0.2) is 36.4 Å². The van der Waals surface area contributed by atoms with Crippen molar-refractivity contribution < 1.29 is 25.2 Å². The maximum Gasteiger partial charge on any atom is 0.323 e. The van der Waals surface area contributed by atoms with Gasteiger partial charge in [0.15, 0.2) is 0 Å². The quantitative estimate of drug-likeness (QED) is 0.370. The number of carbonyl (C=O) groups is 1. The largest absolute Gasteiger partial charge is 0.508 e. The van der Waals surface area contributed by atoms with E-state index in [0.717, 1.165) is 12.1 Å². The Balaban J connectivity index is 2.09. The molecule has 0 saturated heterocycles. The lowest BCUT2D eigenvalue weighted by atomic mass is 10.2. The second-order valence-electron chi connectivity index (χ2n) is 3.98. The van der Waals surface area contributed by atoms with Crippen molar-refractivity contribution in [2.45, 2.75) is 0 Å². The number of nitrogens with one attached hydrogen (secondary N) is 2. The van der Waals surface area contributed by atoms with E-state index in [1.165, 1.54) is 24.3 Å². The smallest absolute Gasteiger partial charge is 0.323 e. The normalized spacial score (nSPS) is 10.0. The van der Waals surface area contributed by atoms with Gasteiger partial charge >= 0.3 is 6.03 Å². The van der Waals surface area contributed by atoms with Gasteiger partial charge in [0.25, 0.3) is 0 Å². The van der Waals surface area contributed by atoms with Crippen molar-refractivity contribution in [1.29, 1.82) is 0 Å². The third-order valence-electron chi connectivity index (χ3n) is 2.46. The van der Waals surface area contributed by atoms with E-state index in [1.807, 2.05) is 0 Å². The maximum absolute atomic E-state index is 11.7. The molecule has 104 valence electrons. The Hall–Kier alpha value is -3.09. The zero-order chi connectivity index (χ0) is 14.7. The predicted molar refractivity (Wildman–Crippen MR) is 72.2 cm³/mol. The van der Waals surface area contributed by atoms with Gasteiger partial charge in [0, 0.05) is 12.1 Å². The van der Waals surface area contributed by atoms with Crippen molar-refractivity contribution in [3.63, 3.8) is 0 Å². The van der Waals surface area contributed by atoms with E-state index in [0.29, 0.717) is 0 Å². The van der Waals surface area contributed by atoms with Crippen molar-refractivity contribution in [3.8, 4) is 23.0 Å². The maximum atomic E-state index is 11.7. The van der Waals surface area contributed by atoms with Gasteiger partial charge < -0.3 is 31.1 Å². The molecule has 20 heavy (non-hydrogen) atoms. The fraction of sp³-hybridized carbons (Fsp3) is 0. The SMILES string of the molecule is O=C(Nc1ccc(O)cc1O)Nc1ccc(O)cc1O. The van der Waals surface area contributed by atoms with Crippen LogP contribution >= 0.6 is 0 Å². The van der Waals surface area contributed by atoms with E-state index in [-0.39, 0.29) is 34.4 Å². The van der Waals surface area contributed by atoms with Crippen molar-refractivity contribution in [2.24, 2.45) is 0 Å². The molecule has 7 heteroatoms. The Morgan fingerprint density at radius 2 is 1.15 bits per heavy atom. The fourth-order valence-electron chi connectivity index (χ4n) is 1.53. The Morgan fingerprint density at radius 3 is 1.50 bits per heavy atom. The number of phenols is 4. The van der Waals surface area contributed by atoms with E-state index in [1.54, 1.807) is 0 Å². The van der Waals surface area contributed by atoms with Crippen LogP contribution in [0.1, 0.15) is 0 Å². The number of hydrogen-bond donors (Lipinski definition) is 6.